The predicted octanol–water partition coefficient (Wildman–Crippen LogP) is 2.97. The summed E-state index contributed by atoms with van der Waals surface area (Å²) in [5.41, 5.74) is 8.25. The van der Waals surface area contributed by atoms with Crippen molar-refractivity contribution >= 4 is 15.9 Å². The highest BCUT2D eigenvalue weighted by Crippen LogP contribution is 2.63. The Kier molecular flexibility index (Phi) is 1.67. The molecule has 0 aromatic heterocycles. The van der Waals surface area contributed by atoms with Crippen LogP contribution in [0.2, 0.25) is 0 Å². The molecule has 2 aliphatic carbocycles. The summed E-state index contributed by atoms with van der Waals surface area (Å²) in [6.45, 7) is 0. The van der Waals surface area contributed by atoms with Gasteiger partial charge in [-0.2, -0.15) is 0 Å². The first-order valence-electron chi connectivity index (χ1n) is 5.21. The van der Waals surface area contributed by atoms with Gasteiger partial charge in [0.05, 0.1) is 0 Å². The Morgan fingerprint density at radius 1 is 1.14 bits per heavy atom. The van der Waals surface area contributed by atoms with Gasteiger partial charge in [0, 0.05) is 15.4 Å². The van der Waals surface area contributed by atoms with Gasteiger partial charge in [-0.25, -0.2) is 0 Å². The van der Waals surface area contributed by atoms with E-state index in [0.29, 0.717) is 5.41 Å². The van der Waals surface area contributed by atoms with Crippen LogP contribution in [0, 0.1) is 0 Å². The van der Waals surface area contributed by atoms with Gasteiger partial charge in [0.15, 0.2) is 0 Å². The van der Waals surface area contributed by atoms with Gasteiger partial charge >= 0.3 is 0 Å². The van der Waals surface area contributed by atoms with Crippen molar-refractivity contribution in [1.29, 1.82) is 0 Å². The van der Waals surface area contributed by atoms with Crippen LogP contribution in [0.15, 0.2) is 28.7 Å². The van der Waals surface area contributed by atoms with Gasteiger partial charge in [-0.3, -0.25) is 0 Å². The summed E-state index contributed by atoms with van der Waals surface area (Å²) in [7, 11) is 0. The van der Waals surface area contributed by atoms with E-state index < -0.39 is 0 Å². The maximum absolute atomic E-state index is 6.35. The van der Waals surface area contributed by atoms with Gasteiger partial charge in [-0.05, 0) is 43.4 Å². The molecule has 14 heavy (non-hydrogen) atoms. The molecular formula is C12H14BrN. The third-order valence-corrected chi connectivity index (χ3v) is 4.36. The first-order valence-corrected chi connectivity index (χ1v) is 6.01. The maximum Gasteiger partial charge on any atom is 0.0253 e. The predicted molar refractivity (Wildman–Crippen MR) is 61.2 cm³/mol. The molecule has 1 nitrogen and oxygen atoms in total. The molecule has 0 bridgehead atoms. The van der Waals surface area contributed by atoms with Gasteiger partial charge in [-0.1, -0.05) is 28.1 Å². The van der Waals surface area contributed by atoms with E-state index in [4.69, 9.17) is 5.73 Å². The van der Waals surface area contributed by atoms with Crippen molar-refractivity contribution in [3.8, 4) is 0 Å². The van der Waals surface area contributed by atoms with E-state index in [1.54, 1.807) is 0 Å². The Labute approximate surface area is 92.8 Å². The third-order valence-electron chi connectivity index (χ3n) is 3.87. The topological polar surface area (TPSA) is 26.0 Å². The van der Waals surface area contributed by atoms with Crippen LogP contribution in [0.25, 0.3) is 0 Å². The molecular weight excluding hydrogens is 238 g/mol. The maximum atomic E-state index is 6.35. The highest BCUT2D eigenvalue weighted by Gasteiger charge is 2.63. The average Bonchev–Trinajstić information content (AvgIpc) is 2.98. The van der Waals surface area contributed by atoms with Crippen LogP contribution in [0.4, 0.5) is 0 Å². The number of halogens is 1. The Morgan fingerprint density at radius 2 is 1.86 bits per heavy atom. The van der Waals surface area contributed by atoms with E-state index in [1.165, 1.54) is 35.7 Å². The van der Waals surface area contributed by atoms with Crippen LogP contribution >= 0.6 is 15.9 Å². The van der Waals surface area contributed by atoms with Crippen molar-refractivity contribution in [2.75, 3.05) is 0 Å². The number of rotatable bonds is 2. The molecule has 0 aliphatic heterocycles. The van der Waals surface area contributed by atoms with Crippen molar-refractivity contribution in [3.05, 3.63) is 34.3 Å². The molecule has 0 spiro atoms. The van der Waals surface area contributed by atoms with E-state index >= 15 is 0 Å². The molecule has 2 aliphatic rings. The van der Waals surface area contributed by atoms with Crippen molar-refractivity contribution in [2.45, 2.75) is 36.6 Å². The van der Waals surface area contributed by atoms with Crippen LogP contribution < -0.4 is 5.73 Å². The highest BCUT2D eigenvalue weighted by molar-refractivity contribution is 9.10. The molecule has 0 atom stereocenters. The lowest BCUT2D eigenvalue weighted by atomic mass is 9.86. The number of hydrogen-bond donors (Lipinski definition) is 1. The smallest absolute Gasteiger partial charge is 0.0253 e. The van der Waals surface area contributed by atoms with Gasteiger partial charge in [0.2, 0.25) is 0 Å². The zero-order valence-corrected chi connectivity index (χ0v) is 9.68. The van der Waals surface area contributed by atoms with E-state index in [1.807, 2.05) is 0 Å². The van der Waals surface area contributed by atoms with Crippen LogP contribution in [0.5, 0.6) is 0 Å². The lowest BCUT2D eigenvalue weighted by Gasteiger charge is -2.23. The SMILES string of the molecule is NC1(C2(c3cccc(Br)c3)CC2)CC1. The van der Waals surface area contributed by atoms with E-state index in [2.05, 4.69) is 40.2 Å². The molecule has 1 aromatic rings. The minimum absolute atomic E-state index is 0.133. The second kappa shape index (κ2) is 2.61. The molecule has 2 heteroatoms. The van der Waals surface area contributed by atoms with Gasteiger partial charge in [0.25, 0.3) is 0 Å². The van der Waals surface area contributed by atoms with Crippen LogP contribution in [0.3, 0.4) is 0 Å². The van der Waals surface area contributed by atoms with Crippen molar-refractivity contribution in [3.63, 3.8) is 0 Å². The Balaban J connectivity index is 2.02. The molecule has 1 aromatic carbocycles. The van der Waals surface area contributed by atoms with Crippen molar-refractivity contribution in [2.24, 2.45) is 5.73 Å². The second-order valence-corrected chi connectivity index (χ2v) is 5.66. The monoisotopic (exact) mass is 251 g/mol. The zero-order chi connectivity index (χ0) is 9.81. The van der Waals surface area contributed by atoms with Crippen molar-refractivity contribution < 1.29 is 0 Å². The zero-order valence-electron chi connectivity index (χ0n) is 8.09. The fourth-order valence-electron chi connectivity index (χ4n) is 2.60. The molecule has 2 saturated carbocycles. The molecule has 0 radical (unpaired) electrons. The number of nitrogens with two attached hydrogens (primary N) is 1. The molecule has 3 rings (SSSR count). The molecule has 2 fully saturated rings. The summed E-state index contributed by atoms with van der Waals surface area (Å²) in [6.07, 6.45) is 4.97. The Bertz CT molecular complexity index is 378. The molecule has 0 heterocycles. The first-order chi connectivity index (χ1) is 6.66. The van der Waals surface area contributed by atoms with Gasteiger partial charge < -0.3 is 5.73 Å². The summed E-state index contributed by atoms with van der Waals surface area (Å²) in [6, 6.07) is 8.66. The molecule has 74 valence electrons. The normalized spacial score (nSPS) is 25.9. The Hall–Kier alpha value is -0.340. The lowest BCUT2D eigenvalue weighted by molar-refractivity contribution is 0.503. The quantitative estimate of drug-likeness (QED) is 0.860. The fraction of sp³-hybridized carbons (Fsp3) is 0.500. The summed E-state index contributed by atoms with van der Waals surface area (Å²) in [5, 5.41) is 0. The third kappa shape index (κ3) is 1.10. The average molecular weight is 252 g/mol. The molecule has 0 saturated heterocycles. The number of hydrogen-bond acceptors (Lipinski definition) is 1. The van der Waals surface area contributed by atoms with E-state index in [-0.39, 0.29) is 5.54 Å². The fourth-order valence-corrected chi connectivity index (χ4v) is 3.00. The van der Waals surface area contributed by atoms with Crippen LogP contribution in [-0.4, -0.2) is 5.54 Å². The highest BCUT2D eigenvalue weighted by atomic mass is 79.9. The summed E-state index contributed by atoms with van der Waals surface area (Å²) in [4.78, 5) is 0. The first kappa shape index (κ1) is 8.93. The van der Waals surface area contributed by atoms with Crippen LogP contribution in [0.1, 0.15) is 31.2 Å². The number of benzene rings is 1. The largest absolute Gasteiger partial charge is 0.324 e. The summed E-state index contributed by atoms with van der Waals surface area (Å²) in [5.74, 6) is 0. The Morgan fingerprint density at radius 3 is 2.36 bits per heavy atom. The minimum atomic E-state index is 0.133. The summed E-state index contributed by atoms with van der Waals surface area (Å²) < 4.78 is 1.17. The molecule has 0 amide bonds. The van der Waals surface area contributed by atoms with Gasteiger partial charge in [-0.15, -0.1) is 0 Å². The van der Waals surface area contributed by atoms with E-state index in [9.17, 15) is 0 Å². The van der Waals surface area contributed by atoms with E-state index in [0.717, 1.165) is 0 Å². The lowest BCUT2D eigenvalue weighted by Crippen LogP contribution is -2.37. The summed E-state index contributed by atoms with van der Waals surface area (Å²) >= 11 is 3.53. The standard InChI is InChI=1S/C12H14BrN/c13-10-3-1-2-9(8-10)11(4-5-11)12(14)6-7-12/h1-3,8H,4-7,14H2. The van der Waals surface area contributed by atoms with Gasteiger partial charge in [0.1, 0.15) is 0 Å². The minimum Gasteiger partial charge on any atom is -0.324 e. The molecule has 0 unspecified atom stereocenters. The second-order valence-electron chi connectivity index (χ2n) is 4.75. The van der Waals surface area contributed by atoms with Crippen molar-refractivity contribution in [1.82, 2.24) is 0 Å². The molecule has 2 N–H and O–H groups in total. The van der Waals surface area contributed by atoms with Crippen LogP contribution in [-0.2, 0) is 5.41 Å².